The Bertz CT molecular complexity index is 334. The number of amides is 2. The van der Waals surface area contributed by atoms with Crippen molar-refractivity contribution in [3.8, 4) is 0 Å². The molecule has 0 aliphatic heterocycles. The summed E-state index contributed by atoms with van der Waals surface area (Å²) in [4.78, 5) is 21.4. The van der Waals surface area contributed by atoms with E-state index in [1.165, 1.54) is 0 Å². The van der Waals surface area contributed by atoms with Gasteiger partial charge in [-0.15, -0.1) is 0 Å². The van der Waals surface area contributed by atoms with Crippen LogP contribution in [-0.2, 0) is 9.59 Å². The second-order valence-corrected chi connectivity index (χ2v) is 5.34. The SMILES string of the molecule is C[C@@H]1C/C(=N/NC(=O)C(N)=O)CC(C)(C)C1. The quantitative estimate of drug-likeness (QED) is 0.510. The van der Waals surface area contributed by atoms with Gasteiger partial charge in [0.25, 0.3) is 0 Å². The monoisotopic (exact) mass is 225 g/mol. The molecule has 90 valence electrons. The highest BCUT2D eigenvalue weighted by Crippen LogP contribution is 2.36. The maximum absolute atomic E-state index is 10.9. The molecule has 1 atom stereocenters. The van der Waals surface area contributed by atoms with Crippen LogP contribution in [0.5, 0.6) is 0 Å². The number of rotatable bonds is 1. The molecule has 2 amide bonds. The van der Waals surface area contributed by atoms with E-state index in [1.807, 2.05) is 0 Å². The summed E-state index contributed by atoms with van der Waals surface area (Å²) in [7, 11) is 0. The van der Waals surface area contributed by atoms with E-state index in [-0.39, 0.29) is 5.41 Å². The van der Waals surface area contributed by atoms with Crippen LogP contribution >= 0.6 is 0 Å². The Morgan fingerprint density at radius 3 is 2.62 bits per heavy atom. The van der Waals surface area contributed by atoms with Crippen molar-refractivity contribution >= 4 is 17.5 Å². The van der Waals surface area contributed by atoms with Crippen molar-refractivity contribution in [2.75, 3.05) is 0 Å². The summed E-state index contributed by atoms with van der Waals surface area (Å²) in [5.74, 6) is -1.32. The first-order chi connectivity index (χ1) is 7.30. The highest BCUT2D eigenvalue weighted by molar-refractivity contribution is 6.34. The van der Waals surface area contributed by atoms with Gasteiger partial charge in [-0.25, -0.2) is 5.43 Å². The van der Waals surface area contributed by atoms with E-state index in [2.05, 4.69) is 31.3 Å². The lowest BCUT2D eigenvalue weighted by Gasteiger charge is -2.34. The molecule has 1 rings (SSSR count). The van der Waals surface area contributed by atoms with Crippen LogP contribution in [0.25, 0.3) is 0 Å². The van der Waals surface area contributed by atoms with Crippen molar-refractivity contribution in [3.05, 3.63) is 0 Å². The first-order valence-electron chi connectivity index (χ1n) is 5.45. The van der Waals surface area contributed by atoms with Gasteiger partial charge in [-0.2, -0.15) is 5.10 Å². The normalized spacial score (nSPS) is 26.4. The molecule has 0 aromatic heterocycles. The molecule has 0 spiro atoms. The molecule has 0 unspecified atom stereocenters. The number of nitrogens with one attached hydrogen (secondary N) is 1. The average Bonchev–Trinajstić information content (AvgIpc) is 2.10. The number of primary amides is 1. The molecule has 1 aliphatic carbocycles. The van der Waals surface area contributed by atoms with Crippen LogP contribution < -0.4 is 11.2 Å². The van der Waals surface area contributed by atoms with Gasteiger partial charge in [0.15, 0.2) is 0 Å². The Hall–Kier alpha value is -1.39. The lowest BCUT2D eigenvalue weighted by molar-refractivity contribution is -0.137. The van der Waals surface area contributed by atoms with Gasteiger partial charge in [-0.1, -0.05) is 20.8 Å². The van der Waals surface area contributed by atoms with Crippen LogP contribution in [0.15, 0.2) is 5.10 Å². The Kier molecular flexibility index (Phi) is 3.67. The summed E-state index contributed by atoms with van der Waals surface area (Å²) in [5.41, 5.74) is 8.13. The predicted molar refractivity (Wildman–Crippen MR) is 61.6 cm³/mol. The molecule has 0 saturated heterocycles. The summed E-state index contributed by atoms with van der Waals surface area (Å²) in [6.45, 7) is 6.51. The summed E-state index contributed by atoms with van der Waals surface area (Å²) < 4.78 is 0. The molecule has 5 heteroatoms. The third-order valence-electron chi connectivity index (χ3n) is 2.71. The lowest BCUT2D eigenvalue weighted by atomic mass is 9.72. The number of hydrazone groups is 1. The van der Waals surface area contributed by atoms with Gasteiger partial charge < -0.3 is 5.73 Å². The fourth-order valence-electron chi connectivity index (χ4n) is 2.38. The van der Waals surface area contributed by atoms with Crippen molar-refractivity contribution in [2.45, 2.75) is 40.0 Å². The van der Waals surface area contributed by atoms with Crippen LogP contribution in [0.4, 0.5) is 0 Å². The minimum Gasteiger partial charge on any atom is -0.361 e. The van der Waals surface area contributed by atoms with Gasteiger partial charge in [-0.3, -0.25) is 9.59 Å². The van der Waals surface area contributed by atoms with E-state index in [9.17, 15) is 9.59 Å². The predicted octanol–water partition coefficient (Wildman–Crippen LogP) is 0.790. The first kappa shape index (κ1) is 12.7. The van der Waals surface area contributed by atoms with Crippen LogP contribution in [0.3, 0.4) is 0 Å². The second kappa shape index (κ2) is 4.63. The van der Waals surface area contributed by atoms with E-state index in [1.54, 1.807) is 0 Å². The van der Waals surface area contributed by atoms with Crippen LogP contribution in [0.1, 0.15) is 40.0 Å². The third kappa shape index (κ3) is 3.64. The Labute approximate surface area is 95.5 Å². The number of nitrogens with two attached hydrogens (primary N) is 1. The summed E-state index contributed by atoms with van der Waals surface area (Å²) in [6.07, 6.45) is 2.86. The van der Waals surface area contributed by atoms with E-state index >= 15 is 0 Å². The van der Waals surface area contributed by atoms with Crippen molar-refractivity contribution in [1.29, 1.82) is 0 Å². The highest BCUT2D eigenvalue weighted by Gasteiger charge is 2.29. The maximum Gasteiger partial charge on any atom is 0.329 e. The minimum absolute atomic E-state index is 0.202. The van der Waals surface area contributed by atoms with Gasteiger partial charge in [-0.05, 0) is 30.6 Å². The van der Waals surface area contributed by atoms with E-state index in [0.29, 0.717) is 5.92 Å². The molecule has 0 aromatic rings. The Morgan fingerprint density at radius 1 is 1.50 bits per heavy atom. The molecule has 16 heavy (non-hydrogen) atoms. The molecular formula is C11H19N3O2. The molecule has 0 heterocycles. The van der Waals surface area contributed by atoms with Gasteiger partial charge >= 0.3 is 11.8 Å². The summed E-state index contributed by atoms with van der Waals surface area (Å²) in [6, 6.07) is 0. The average molecular weight is 225 g/mol. The molecule has 1 aliphatic rings. The molecular weight excluding hydrogens is 206 g/mol. The fourth-order valence-corrected chi connectivity index (χ4v) is 2.38. The third-order valence-corrected chi connectivity index (χ3v) is 2.71. The zero-order chi connectivity index (χ0) is 12.3. The van der Waals surface area contributed by atoms with Crippen molar-refractivity contribution in [2.24, 2.45) is 22.2 Å². The number of carbonyl (C=O) groups excluding carboxylic acids is 2. The summed E-state index contributed by atoms with van der Waals surface area (Å²) in [5, 5.41) is 3.97. The van der Waals surface area contributed by atoms with Gasteiger partial charge in [0, 0.05) is 5.71 Å². The zero-order valence-corrected chi connectivity index (χ0v) is 10.0. The molecule has 3 N–H and O–H groups in total. The van der Waals surface area contributed by atoms with E-state index in [4.69, 9.17) is 5.73 Å². The number of carbonyl (C=O) groups is 2. The second-order valence-electron chi connectivity index (χ2n) is 5.34. The molecule has 0 radical (unpaired) electrons. The maximum atomic E-state index is 10.9. The molecule has 0 aromatic carbocycles. The molecule has 1 fully saturated rings. The minimum atomic E-state index is -1.01. The lowest BCUT2D eigenvalue weighted by Crippen LogP contribution is -2.35. The molecule has 5 nitrogen and oxygen atoms in total. The Morgan fingerprint density at radius 2 is 2.12 bits per heavy atom. The number of hydrogen-bond acceptors (Lipinski definition) is 3. The van der Waals surface area contributed by atoms with Crippen molar-refractivity contribution in [3.63, 3.8) is 0 Å². The van der Waals surface area contributed by atoms with Crippen LogP contribution in [-0.4, -0.2) is 17.5 Å². The number of hydrogen-bond donors (Lipinski definition) is 2. The fraction of sp³-hybridized carbons (Fsp3) is 0.727. The highest BCUT2D eigenvalue weighted by atomic mass is 16.2. The van der Waals surface area contributed by atoms with Gasteiger partial charge in [0.2, 0.25) is 0 Å². The molecule has 0 bridgehead atoms. The van der Waals surface area contributed by atoms with Gasteiger partial charge in [0.05, 0.1) is 0 Å². The van der Waals surface area contributed by atoms with E-state index in [0.717, 1.165) is 25.0 Å². The van der Waals surface area contributed by atoms with Crippen molar-refractivity contribution in [1.82, 2.24) is 5.43 Å². The van der Waals surface area contributed by atoms with Crippen LogP contribution in [0.2, 0.25) is 0 Å². The van der Waals surface area contributed by atoms with Crippen LogP contribution in [0, 0.1) is 11.3 Å². The van der Waals surface area contributed by atoms with E-state index < -0.39 is 11.8 Å². The smallest absolute Gasteiger partial charge is 0.329 e. The standard InChI is InChI=1S/C11H19N3O2/c1-7-4-8(6-11(2,3)5-7)13-14-10(16)9(12)15/h7H,4-6H2,1-3H3,(H2,12,15)(H,14,16)/b13-8-/t7-/m1/s1. The van der Waals surface area contributed by atoms with Crippen molar-refractivity contribution < 1.29 is 9.59 Å². The summed E-state index contributed by atoms with van der Waals surface area (Å²) >= 11 is 0. The topological polar surface area (TPSA) is 84.6 Å². The first-order valence-corrected chi connectivity index (χ1v) is 5.45. The zero-order valence-electron chi connectivity index (χ0n) is 10.0. The largest absolute Gasteiger partial charge is 0.361 e. The van der Waals surface area contributed by atoms with Gasteiger partial charge in [0.1, 0.15) is 0 Å². The number of nitrogens with zero attached hydrogens (tertiary/aromatic N) is 1. The Balaban J connectivity index is 2.62. The molecule has 1 saturated carbocycles.